The van der Waals surface area contributed by atoms with Crippen LogP contribution in [0.25, 0.3) is 0 Å². The van der Waals surface area contributed by atoms with Gasteiger partial charge in [-0.1, -0.05) is 6.07 Å². The highest BCUT2D eigenvalue weighted by Crippen LogP contribution is 2.28. The van der Waals surface area contributed by atoms with Gasteiger partial charge in [-0.25, -0.2) is 4.39 Å². The van der Waals surface area contributed by atoms with Crippen molar-refractivity contribution >= 4 is 27.3 Å². The van der Waals surface area contributed by atoms with Crippen molar-refractivity contribution in [3.63, 3.8) is 0 Å². The van der Waals surface area contributed by atoms with Gasteiger partial charge in [0.25, 0.3) is 0 Å². The summed E-state index contributed by atoms with van der Waals surface area (Å²) < 4.78 is 14.6. The van der Waals surface area contributed by atoms with Crippen molar-refractivity contribution in [1.82, 2.24) is 4.98 Å². The number of pyridine rings is 1. The number of hydrogen-bond donors (Lipinski definition) is 1. The lowest BCUT2D eigenvalue weighted by Gasteiger charge is -2.34. The molecule has 0 spiro atoms. The van der Waals surface area contributed by atoms with Gasteiger partial charge in [-0.15, -0.1) is 0 Å². The zero-order valence-corrected chi connectivity index (χ0v) is 13.2. The summed E-state index contributed by atoms with van der Waals surface area (Å²) in [5.74, 6) is -0.207. The van der Waals surface area contributed by atoms with Gasteiger partial charge in [-0.3, -0.25) is 4.98 Å². The molecule has 0 atom stereocenters. The molecule has 1 aliphatic heterocycles. The quantitative estimate of drug-likeness (QED) is 0.905. The number of para-hydroxylation sites is 1. The maximum Gasteiger partial charge on any atom is 0.147 e. The summed E-state index contributed by atoms with van der Waals surface area (Å²) in [6, 6.07) is 9.41. The van der Waals surface area contributed by atoms with Crippen molar-refractivity contribution in [2.45, 2.75) is 18.9 Å². The summed E-state index contributed by atoms with van der Waals surface area (Å²) in [6.45, 7) is 1.93. The van der Waals surface area contributed by atoms with Crippen molar-refractivity contribution in [2.75, 3.05) is 23.3 Å². The summed E-state index contributed by atoms with van der Waals surface area (Å²) >= 11 is 3.40. The summed E-state index contributed by atoms with van der Waals surface area (Å²) in [5, 5.41) is 3.33. The lowest BCUT2D eigenvalue weighted by atomic mass is 10.0. The van der Waals surface area contributed by atoms with Crippen LogP contribution in [0.5, 0.6) is 0 Å². The Hall–Kier alpha value is -1.62. The van der Waals surface area contributed by atoms with Crippen LogP contribution in [-0.4, -0.2) is 24.1 Å². The standard InChI is InChI=1S/C16H17BrFN3/c17-14-2-1-3-15(18)16(14)20-12-6-10-21(11-7-12)13-4-8-19-9-5-13/h1-5,8-9,12,20H,6-7,10-11H2. The zero-order valence-electron chi connectivity index (χ0n) is 11.6. The van der Waals surface area contributed by atoms with Crippen LogP contribution in [0, 0.1) is 5.82 Å². The van der Waals surface area contributed by atoms with Crippen LogP contribution in [-0.2, 0) is 0 Å². The van der Waals surface area contributed by atoms with E-state index in [0.29, 0.717) is 11.7 Å². The number of piperidine rings is 1. The molecule has 5 heteroatoms. The number of rotatable bonds is 3. The zero-order chi connectivity index (χ0) is 14.7. The Morgan fingerprint density at radius 2 is 1.86 bits per heavy atom. The van der Waals surface area contributed by atoms with Gasteiger partial charge in [-0.2, -0.15) is 0 Å². The fourth-order valence-electron chi connectivity index (χ4n) is 2.68. The van der Waals surface area contributed by atoms with Crippen LogP contribution in [0.15, 0.2) is 47.2 Å². The monoisotopic (exact) mass is 349 g/mol. The number of hydrogen-bond acceptors (Lipinski definition) is 3. The first-order chi connectivity index (χ1) is 10.2. The number of halogens is 2. The van der Waals surface area contributed by atoms with E-state index < -0.39 is 0 Å². The fraction of sp³-hybridized carbons (Fsp3) is 0.312. The fourth-order valence-corrected chi connectivity index (χ4v) is 3.13. The molecule has 110 valence electrons. The summed E-state index contributed by atoms with van der Waals surface area (Å²) in [6.07, 6.45) is 5.61. The van der Waals surface area contributed by atoms with E-state index in [1.54, 1.807) is 6.07 Å². The number of benzene rings is 1. The van der Waals surface area contributed by atoms with Gasteiger partial charge in [0, 0.05) is 41.7 Å². The van der Waals surface area contributed by atoms with Crippen LogP contribution >= 0.6 is 15.9 Å². The second-order valence-electron chi connectivity index (χ2n) is 5.21. The van der Waals surface area contributed by atoms with Crippen LogP contribution in [0.3, 0.4) is 0 Å². The molecule has 2 heterocycles. The molecule has 1 aromatic heterocycles. The predicted octanol–water partition coefficient (Wildman–Crippen LogP) is 4.06. The first-order valence-electron chi connectivity index (χ1n) is 7.09. The minimum atomic E-state index is -0.207. The van der Waals surface area contributed by atoms with E-state index in [4.69, 9.17) is 0 Å². The van der Waals surface area contributed by atoms with Gasteiger partial charge in [0.1, 0.15) is 5.82 Å². The van der Waals surface area contributed by atoms with E-state index in [0.717, 1.165) is 30.4 Å². The van der Waals surface area contributed by atoms with Crippen molar-refractivity contribution in [1.29, 1.82) is 0 Å². The largest absolute Gasteiger partial charge is 0.379 e. The van der Waals surface area contributed by atoms with Crippen molar-refractivity contribution in [3.05, 3.63) is 53.0 Å². The van der Waals surface area contributed by atoms with Crippen LogP contribution in [0.1, 0.15) is 12.8 Å². The number of nitrogens with zero attached hydrogens (tertiary/aromatic N) is 2. The first-order valence-corrected chi connectivity index (χ1v) is 7.89. The summed E-state index contributed by atoms with van der Waals surface area (Å²) in [4.78, 5) is 6.39. The molecule has 1 N–H and O–H groups in total. The molecule has 1 aromatic carbocycles. The third-order valence-electron chi connectivity index (χ3n) is 3.83. The SMILES string of the molecule is Fc1cccc(Br)c1NC1CCN(c2ccncc2)CC1. The van der Waals surface area contributed by atoms with Gasteiger partial charge < -0.3 is 10.2 Å². The number of anilines is 2. The normalized spacial score (nSPS) is 16.0. The molecule has 0 amide bonds. The van der Waals surface area contributed by atoms with E-state index >= 15 is 0 Å². The highest BCUT2D eigenvalue weighted by atomic mass is 79.9. The molecule has 0 unspecified atom stereocenters. The minimum Gasteiger partial charge on any atom is -0.379 e. The molecule has 0 aliphatic carbocycles. The second kappa shape index (κ2) is 6.43. The van der Waals surface area contributed by atoms with E-state index in [1.807, 2.05) is 30.6 Å². The molecular formula is C16H17BrFN3. The number of aromatic nitrogens is 1. The first kappa shape index (κ1) is 14.3. The smallest absolute Gasteiger partial charge is 0.147 e. The Morgan fingerprint density at radius 3 is 2.52 bits per heavy atom. The maximum atomic E-state index is 13.8. The van der Waals surface area contributed by atoms with Crippen LogP contribution in [0.4, 0.5) is 15.8 Å². The van der Waals surface area contributed by atoms with E-state index in [-0.39, 0.29) is 5.82 Å². The highest BCUT2D eigenvalue weighted by molar-refractivity contribution is 9.10. The van der Waals surface area contributed by atoms with Gasteiger partial charge in [0.2, 0.25) is 0 Å². The molecule has 1 saturated heterocycles. The minimum absolute atomic E-state index is 0.207. The Bertz CT molecular complexity index is 577. The average Bonchev–Trinajstić information content (AvgIpc) is 2.53. The van der Waals surface area contributed by atoms with Crippen LogP contribution in [0.2, 0.25) is 0 Å². The van der Waals surface area contributed by atoms with E-state index in [2.05, 4.69) is 31.1 Å². The third kappa shape index (κ3) is 3.35. The molecule has 0 bridgehead atoms. The molecule has 3 nitrogen and oxygen atoms in total. The second-order valence-corrected chi connectivity index (χ2v) is 6.06. The third-order valence-corrected chi connectivity index (χ3v) is 4.49. The Kier molecular flexibility index (Phi) is 4.39. The predicted molar refractivity (Wildman–Crippen MR) is 87.2 cm³/mol. The van der Waals surface area contributed by atoms with Crippen molar-refractivity contribution < 1.29 is 4.39 Å². The topological polar surface area (TPSA) is 28.2 Å². The average molecular weight is 350 g/mol. The molecule has 1 aliphatic rings. The maximum absolute atomic E-state index is 13.8. The molecule has 2 aromatic rings. The molecule has 0 radical (unpaired) electrons. The Morgan fingerprint density at radius 1 is 1.14 bits per heavy atom. The Labute approximate surface area is 132 Å². The lowest BCUT2D eigenvalue weighted by Crippen LogP contribution is -2.39. The highest BCUT2D eigenvalue weighted by Gasteiger charge is 2.20. The van der Waals surface area contributed by atoms with E-state index in [1.165, 1.54) is 11.8 Å². The number of nitrogens with one attached hydrogen (secondary N) is 1. The molecule has 1 fully saturated rings. The van der Waals surface area contributed by atoms with Crippen molar-refractivity contribution in [2.24, 2.45) is 0 Å². The molecule has 21 heavy (non-hydrogen) atoms. The van der Waals surface area contributed by atoms with E-state index in [9.17, 15) is 4.39 Å². The van der Waals surface area contributed by atoms with Gasteiger partial charge >= 0.3 is 0 Å². The van der Waals surface area contributed by atoms with Gasteiger partial charge in [-0.05, 0) is 53.0 Å². The molecule has 0 saturated carbocycles. The Balaban J connectivity index is 1.62. The van der Waals surface area contributed by atoms with Crippen LogP contribution < -0.4 is 10.2 Å². The lowest BCUT2D eigenvalue weighted by molar-refractivity contribution is 0.522. The summed E-state index contributed by atoms with van der Waals surface area (Å²) in [7, 11) is 0. The van der Waals surface area contributed by atoms with Gasteiger partial charge in [0.15, 0.2) is 0 Å². The summed E-state index contributed by atoms with van der Waals surface area (Å²) in [5.41, 5.74) is 1.77. The molecule has 3 rings (SSSR count). The van der Waals surface area contributed by atoms with Crippen molar-refractivity contribution in [3.8, 4) is 0 Å². The van der Waals surface area contributed by atoms with Gasteiger partial charge in [0.05, 0.1) is 5.69 Å². The molecular weight excluding hydrogens is 333 g/mol.